The second-order valence-corrected chi connectivity index (χ2v) is 5.20. The Bertz CT molecular complexity index is 439. The van der Waals surface area contributed by atoms with Gasteiger partial charge in [-0.25, -0.2) is 0 Å². The summed E-state index contributed by atoms with van der Waals surface area (Å²) in [5, 5.41) is 2.81. The van der Waals surface area contributed by atoms with Gasteiger partial charge in [0.05, 0.1) is 6.42 Å². The zero-order chi connectivity index (χ0) is 14.2. The van der Waals surface area contributed by atoms with Gasteiger partial charge in [0.1, 0.15) is 0 Å². The standard InChI is InChI=1S/C16H22N2O2/c19-15(13-14-7-3-1-4-8-14)17-10-9-16(20)18-11-5-2-6-12-18/h1,3-4,7-8H,2,5-6,9-13H2,(H,17,19). The van der Waals surface area contributed by atoms with Crippen LogP contribution in [-0.2, 0) is 16.0 Å². The summed E-state index contributed by atoms with van der Waals surface area (Å²) in [6.45, 7) is 2.18. The van der Waals surface area contributed by atoms with Crippen molar-refractivity contribution in [2.45, 2.75) is 32.1 Å². The van der Waals surface area contributed by atoms with Crippen LogP contribution in [0.1, 0.15) is 31.2 Å². The van der Waals surface area contributed by atoms with Gasteiger partial charge in [-0.2, -0.15) is 0 Å². The molecule has 0 saturated carbocycles. The number of nitrogens with one attached hydrogen (secondary N) is 1. The van der Waals surface area contributed by atoms with E-state index in [-0.39, 0.29) is 11.8 Å². The molecule has 2 rings (SSSR count). The molecule has 0 unspecified atom stereocenters. The number of rotatable bonds is 5. The zero-order valence-electron chi connectivity index (χ0n) is 11.8. The molecule has 1 aliphatic heterocycles. The number of likely N-dealkylation sites (tertiary alicyclic amines) is 1. The number of amides is 2. The highest BCUT2D eigenvalue weighted by Crippen LogP contribution is 2.09. The van der Waals surface area contributed by atoms with Gasteiger partial charge in [-0.3, -0.25) is 9.59 Å². The fourth-order valence-corrected chi connectivity index (χ4v) is 2.45. The minimum Gasteiger partial charge on any atom is -0.355 e. The summed E-state index contributed by atoms with van der Waals surface area (Å²) < 4.78 is 0. The molecule has 0 spiro atoms. The van der Waals surface area contributed by atoms with Gasteiger partial charge in [0, 0.05) is 26.1 Å². The fraction of sp³-hybridized carbons (Fsp3) is 0.500. The quantitative estimate of drug-likeness (QED) is 0.889. The molecule has 0 aliphatic carbocycles. The van der Waals surface area contributed by atoms with Gasteiger partial charge in [-0.05, 0) is 24.8 Å². The van der Waals surface area contributed by atoms with E-state index < -0.39 is 0 Å². The monoisotopic (exact) mass is 274 g/mol. The SMILES string of the molecule is O=C(Cc1ccccc1)NCCC(=O)N1CCCCC1. The summed E-state index contributed by atoms with van der Waals surface area (Å²) in [4.78, 5) is 25.6. The summed E-state index contributed by atoms with van der Waals surface area (Å²) >= 11 is 0. The molecule has 0 atom stereocenters. The minimum absolute atomic E-state index is 0.0253. The van der Waals surface area contributed by atoms with Gasteiger partial charge in [-0.1, -0.05) is 30.3 Å². The lowest BCUT2D eigenvalue weighted by Gasteiger charge is -2.26. The first-order chi connectivity index (χ1) is 9.75. The predicted molar refractivity (Wildman–Crippen MR) is 78.2 cm³/mol. The second-order valence-electron chi connectivity index (χ2n) is 5.20. The lowest BCUT2D eigenvalue weighted by molar-refractivity contribution is -0.132. The van der Waals surface area contributed by atoms with Crippen molar-refractivity contribution in [3.63, 3.8) is 0 Å². The first kappa shape index (κ1) is 14.6. The van der Waals surface area contributed by atoms with E-state index in [1.807, 2.05) is 35.2 Å². The maximum Gasteiger partial charge on any atom is 0.224 e. The van der Waals surface area contributed by atoms with Crippen LogP contribution >= 0.6 is 0 Å². The van der Waals surface area contributed by atoms with E-state index in [0.29, 0.717) is 19.4 Å². The van der Waals surface area contributed by atoms with Gasteiger partial charge in [0.15, 0.2) is 0 Å². The van der Waals surface area contributed by atoms with Crippen molar-refractivity contribution < 1.29 is 9.59 Å². The molecule has 0 aromatic heterocycles. The molecular weight excluding hydrogens is 252 g/mol. The van der Waals surface area contributed by atoms with Gasteiger partial charge < -0.3 is 10.2 Å². The average Bonchev–Trinajstić information content (AvgIpc) is 2.49. The Morgan fingerprint density at radius 3 is 2.45 bits per heavy atom. The van der Waals surface area contributed by atoms with Crippen LogP contribution in [0.15, 0.2) is 30.3 Å². The van der Waals surface area contributed by atoms with Gasteiger partial charge in [0.25, 0.3) is 0 Å². The van der Waals surface area contributed by atoms with Crippen LogP contribution in [-0.4, -0.2) is 36.3 Å². The molecule has 20 heavy (non-hydrogen) atoms. The molecule has 0 radical (unpaired) electrons. The Morgan fingerprint density at radius 1 is 1.05 bits per heavy atom. The van der Waals surface area contributed by atoms with E-state index in [4.69, 9.17) is 0 Å². The van der Waals surface area contributed by atoms with Gasteiger partial charge in [-0.15, -0.1) is 0 Å². The van der Waals surface area contributed by atoms with Crippen LogP contribution in [0.4, 0.5) is 0 Å². The largest absolute Gasteiger partial charge is 0.355 e. The summed E-state index contributed by atoms with van der Waals surface area (Å²) in [5.74, 6) is 0.132. The van der Waals surface area contributed by atoms with Crippen molar-refractivity contribution in [2.24, 2.45) is 0 Å². The van der Waals surface area contributed by atoms with Gasteiger partial charge in [0.2, 0.25) is 11.8 Å². The number of benzene rings is 1. The second kappa shape index (κ2) is 7.68. The van der Waals surface area contributed by atoms with E-state index in [2.05, 4.69) is 5.32 Å². The van der Waals surface area contributed by atoms with Crippen LogP contribution < -0.4 is 5.32 Å². The van der Waals surface area contributed by atoms with Crippen LogP contribution in [0.3, 0.4) is 0 Å². The highest BCUT2D eigenvalue weighted by Gasteiger charge is 2.16. The third kappa shape index (κ3) is 4.68. The number of carbonyl (C=O) groups is 2. The molecule has 0 bridgehead atoms. The van der Waals surface area contributed by atoms with Crippen molar-refractivity contribution >= 4 is 11.8 Å². The fourth-order valence-electron chi connectivity index (χ4n) is 2.45. The molecule has 1 saturated heterocycles. The van der Waals surface area contributed by atoms with E-state index in [1.165, 1.54) is 6.42 Å². The number of carbonyl (C=O) groups excluding carboxylic acids is 2. The molecule has 1 aliphatic rings. The van der Waals surface area contributed by atoms with Crippen molar-refractivity contribution in [2.75, 3.05) is 19.6 Å². The molecule has 108 valence electrons. The van der Waals surface area contributed by atoms with Crippen molar-refractivity contribution in [1.29, 1.82) is 0 Å². The van der Waals surface area contributed by atoms with Crippen molar-refractivity contribution in [3.05, 3.63) is 35.9 Å². The third-order valence-corrected chi connectivity index (χ3v) is 3.58. The molecular formula is C16H22N2O2. The zero-order valence-corrected chi connectivity index (χ0v) is 11.8. The molecule has 1 fully saturated rings. The van der Waals surface area contributed by atoms with Crippen LogP contribution in [0, 0.1) is 0 Å². The summed E-state index contributed by atoms with van der Waals surface area (Å²) in [6.07, 6.45) is 4.20. The van der Waals surface area contributed by atoms with Gasteiger partial charge >= 0.3 is 0 Å². The molecule has 4 nitrogen and oxygen atoms in total. The Morgan fingerprint density at radius 2 is 1.75 bits per heavy atom. The topological polar surface area (TPSA) is 49.4 Å². The Balaban J connectivity index is 1.65. The van der Waals surface area contributed by atoms with E-state index in [0.717, 1.165) is 31.5 Å². The van der Waals surface area contributed by atoms with Crippen LogP contribution in [0.2, 0.25) is 0 Å². The summed E-state index contributed by atoms with van der Waals surface area (Å²) in [6, 6.07) is 9.63. The molecule has 1 N–H and O–H groups in total. The maximum atomic E-state index is 11.9. The summed E-state index contributed by atoms with van der Waals surface area (Å²) in [7, 11) is 0. The number of nitrogens with zero attached hydrogens (tertiary/aromatic N) is 1. The smallest absolute Gasteiger partial charge is 0.224 e. The normalized spacial score (nSPS) is 14.9. The molecule has 1 aromatic carbocycles. The van der Waals surface area contributed by atoms with Crippen molar-refractivity contribution in [1.82, 2.24) is 10.2 Å². The number of hydrogen-bond acceptors (Lipinski definition) is 2. The Labute approximate surface area is 120 Å². The lowest BCUT2D eigenvalue weighted by Crippen LogP contribution is -2.38. The highest BCUT2D eigenvalue weighted by atomic mass is 16.2. The van der Waals surface area contributed by atoms with Crippen LogP contribution in [0.5, 0.6) is 0 Å². The van der Waals surface area contributed by atoms with Crippen molar-refractivity contribution in [3.8, 4) is 0 Å². The minimum atomic E-state index is -0.0253. The summed E-state index contributed by atoms with van der Waals surface area (Å²) in [5.41, 5.74) is 0.993. The average molecular weight is 274 g/mol. The highest BCUT2D eigenvalue weighted by molar-refractivity contribution is 5.80. The number of hydrogen-bond donors (Lipinski definition) is 1. The van der Waals surface area contributed by atoms with E-state index >= 15 is 0 Å². The van der Waals surface area contributed by atoms with E-state index in [9.17, 15) is 9.59 Å². The maximum absolute atomic E-state index is 11.9. The molecule has 1 aromatic rings. The molecule has 4 heteroatoms. The Kier molecular flexibility index (Phi) is 5.59. The number of piperidine rings is 1. The predicted octanol–water partition coefficient (Wildman–Crippen LogP) is 1.75. The first-order valence-corrected chi connectivity index (χ1v) is 7.34. The van der Waals surface area contributed by atoms with E-state index in [1.54, 1.807) is 0 Å². The first-order valence-electron chi connectivity index (χ1n) is 7.34. The Hall–Kier alpha value is -1.84. The molecule has 1 heterocycles. The van der Waals surface area contributed by atoms with Crippen LogP contribution in [0.25, 0.3) is 0 Å². The lowest BCUT2D eigenvalue weighted by atomic mass is 10.1. The molecule has 2 amide bonds. The third-order valence-electron chi connectivity index (χ3n) is 3.58.